The number of nitrogens with one attached hydrogen (secondary N) is 1. The van der Waals surface area contributed by atoms with Crippen LogP contribution in [-0.4, -0.2) is 21.9 Å². The maximum absolute atomic E-state index is 11.0. The van der Waals surface area contributed by atoms with Gasteiger partial charge in [0.25, 0.3) is 0 Å². The summed E-state index contributed by atoms with van der Waals surface area (Å²) in [5.41, 5.74) is 1.41. The predicted octanol–water partition coefficient (Wildman–Crippen LogP) is 2.46. The highest BCUT2D eigenvalue weighted by atomic mass is 32.1. The maximum Gasteiger partial charge on any atom is 0.316 e. The second kappa shape index (κ2) is 4.46. The molecular formula is C10H10N4O2S. The number of aryl methyl sites for hydroxylation is 1. The number of hydrogen-bond donors (Lipinski definition) is 1. The summed E-state index contributed by atoms with van der Waals surface area (Å²) in [4.78, 5) is 18.8. The van der Waals surface area contributed by atoms with Crippen molar-refractivity contribution in [3.8, 4) is 11.3 Å². The van der Waals surface area contributed by atoms with Crippen molar-refractivity contribution in [3.05, 3.63) is 32.6 Å². The van der Waals surface area contributed by atoms with Crippen molar-refractivity contribution in [2.24, 2.45) is 0 Å². The summed E-state index contributed by atoms with van der Waals surface area (Å²) in [5.74, 6) is 0.384. The number of hydrogen-bond acceptors (Lipinski definition) is 6. The highest BCUT2D eigenvalue weighted by molar-refractivity contribution is 7.08. The Hall–Kier alpha value is -2.02. The van der Waals surface area contributed by atoms with Gasteiger partial charge in [-0.1, -0.05) is 0 Å². The molecule has 1 N–H and O–H groups in total. The molecule has 2 aromatic rings. The summed E-state index contributed by atoms with van der Waals surface area (Å²) >= 11 is 1.47. The van der Waals surface area contributed by atoms with Gasteiger partial charge in [-0.3, -0.25) is 10.1 Å². The molecule has 17 heavy (non-hydrogen) atoms. The van der Waals surface area contributed by atoms with Crippen molar-refractivity contribution in [2.45, 2.75) is 6.92 Å². The van der Waals surface area contributed by atoms with Gasteiger partial charge in [-0.15, -0.1) is 0 Å². The first-order chi connectivity index (χ1) is 8.13. The Labute approximate surface area is 102 Å². The summed E-state index contributed by atoms with van der Waals surface area (Å²) < 4.78 is 0. The average molecular weight is 250 g/mol. The fraction of sp³-hybridized carbons (Fsp3) is 0.200. The van der Waals surface area contributed by atoms with Gasteiger partial charge in [-0.05, 0) is 18.4 Å². The van der Waals surface area contributed by atoms with Gasteiger partial charge in [-0.2, -0.15) is 11.3 Å². The minimum atomic E-state index is -0.443. The Morgan fingerprint density at radius 3 is 2.76 bits per heavy atom. The number of nitrogens with zero attached hydrogens (tertiary/aromatic N) is 3. The molecule has 7 heteroatoms. The molecule has 0 spiro atoms. The van der Waals surface area contributed by atoms with Gasteiger partial charge in [0.1, 0.15) is 5.69 Å². The standard InChI is InChI=1S/C10H10N4O2S/c1-6-9(14(15)16)8(7-3-4-17-5-7)13-10(11-2)12-6/h3-5H,1-2H3,(H,11,12,13). The third-order valence-corrected chi connectivity index (χ3v) is 2.94. The fourth-order valence-electron chi connectivity index (χ4n) is 1.50. The van der Waals surface area contributed by atoms with E-state index >= 15 is 0 Å². The molecule has 88 valence electrons. The maximum atomic E-state index is 11.0. The van der Waals surface area contributed by atoms with Crippen LogP contribution in [0.1, 0.15) is 5.69 Å². The van der Waals surface area contributed by atoms with Gasteiger partial charge in [0.05, 0.1) is 4.92 Å². The van der Waals surface area contributed by atoms with Crippen molar-refractivity contribution in [1.29, 1.82) is 0 Å². The molecule has 0 amide bonds. The van der Waals surface area contributed by atoms with E-state index in [0.717, 1.165) is 5.56 Å². The first-order valence-electron chi connectivity index (χ1n) is 4.87. The molecule has 0 fully saturated rings. The van der Waals surface area contributed by atoms with Crippen LogP contribution in [0.3, 0.4) is 0 Å². The van der Waals surface area contributed by atoms with E-state index in [1.54, 1.807) is 20.0 Å². The smallest absolute Gasteiger partial charge is 0.316 e. The number of aromatic nitrogens is 2. The molecule has 2 aromatic heterocycles. The van der Waals surface area contributed by atoms with Crippen molar-refractivity contribution >= 4 is 23.0 Å². The average Bonchev–Trinajstić information content (AvgIpc) is 2.80. The van der Waals surface area contributed by atoms with E-state index in [4.69, 9.17) is 0 Å². The van der Waals surface area contributed by atoms with E-state index in [9.17, 15) is 10.1 Å². The normalized spacial score (nSPS) is 10.2. The molecule has 0 aliphatic carbocycles. The van der Waals surface area contributed by atoms with Crippen LogP contribution < -0.4 is 5.32 Å². The summed E-state index contributed by atoms with van der Waals surface area (Å²) in [6.45, 7) is 1.61. The number of thiophene rings is 1. The largest absolute Gasteiger partial charge is 0.357 e. The molecule has 0 atom stereocenters. The van der Waals surface area contributed by atoms with Crippen LogP contribution in [0.15, 0.2) is 16.8 Å². The molecule has 2 heterocycles. The Balaban J connectivity index is 2.70. The van der Waals surface area contributed by atoms with Crippen molar-refractivity contribution in [2.75, 3.05) is 12.4 Å². The van der Waals surface area contributed by atoms with Crippen LogP contribution in [0.25, 0.3) is 11.3 Å². The van der Waals surface area contributed by atoms with Gasteiger partial charge in [0, 0.05) is 18.0 Å². The molecule has 0 unspecified atom stereocenters. The van der Waals surface area contributed by atoms with E-state index < -0.39 is 4.92 Å². The Morgan fingerprint density at radius 2 is 2.24 bits per heavy atom. The van der Waals surface area contributed by atoms with Gasteiger partial charge in [-0.25, -0.2) is 9.97 Å². The van der Waals surface area contributed by atoms with Crippen LogP contribution in [0.4, 0.5) is 11.6 Å². The lowest BCUT2D eigenvalue weighted by molar-refractivity contribution is -0.385. The van der Waals surface area contributed by atoms with Gasteiger partial charge < -0.3 is 5.32 Å². The van der Waals surface area contributed by atoms with E-state index in [-0.39, 0.29) is 5.69 Å². The van der Waals surface area contributed by atoms with E-state index in [2.05, 4.69) is 15.3 Å². The SMILES string of the molecule is CNc1nc(C)c([N+](=O)[O-])c(-c2ccsc2)n1. The van der Waals surface area contributed by atoms with Crippen LogP contribution in [-0.2, 0) is 0 Å². The molecule has 2 rings (SSSR count). The Kier molecular flexibility index (Phi) is 3.01. The molecule has 0 aliphatic heterocycles. The lowest BCUT2D eigenvalue weighted by Gasteiger charge is -2.05. The number of rotatable bonds is 3. The molecule has 0 aromatic carbocycles. The monoisotopic (exact) mass is 250 g/mol. The van der Waals surface area contributed by atoms with E-state index in [1.807, 2.05) is 10.8 Å². The van der Waals surface area contributed by atoms with Crippen LogP contribution in [0, 0.1) is 17.0 Å². The molecule has 6 nitrogen and oxygen atoms in total. The molecule has 0 radical (unpaired) electrons. The number of nitro groups is 1. The van der Waals surface area contributed by atoms with Gasteiger partial charge in [0.15, 0.2) is 5.69 Å². The minimum Gasteiger partial charge on any atom is -0.357 e. The Morgan fingerprint density at radius 1 is 1.47 bits per heavy atom. The summed E-state index contributed by atoms with van der Waals surface area (Å²) in [6.07, 6.45) is 0. The summed E-state index contributed by atoms with van der Waals surface area (Å²) in [6, 6.07) is 1.80. The third-order valence-electron chi connectivity index (χ3n) is 2.26. The molecule has 0 aliphatic rings. The van der Waals surface area contributed by atoms with Gasteiger partial charge >= 0.3 is 5.69 Å². The molecule has 0 bridgehead atoms. The predicted molar refractivity (Wildman–Crippen MR) is 66.3 cm³/mol. The second-order valence-corrected chi connectivity index (χ2v) is 4.13. The minimum absolute atomic E-state index is 0.0394. The quantitative estimate of drug-likeness (QED) is 0.668. The third kappa shape index (κ3) is 2.09. The lowest BCUT2D eigenvalue weighted by atomic mass is 10.2. The van der Waals surface area contributed by atoms with Crippen molar-refractivity contribution < 1.29 is 4.92 Å². The van der Waals surface area contributed by atoms with E-state index in [0.29, 0.717) is 17.3 Å². The zero-order chi connectivity index (χ0) is 12.4. The van der Waals surface area contributed by atoms with Crippen LogP contribution in [0.5, 0.6) is 0 Å². The first kappa shape index (κ1) is 11.5. The van der Waals surface area contributed by atoms with Crippen LogP contribution in [0.2, 0.25) is 0 Å². The Bertz CT molecular complexity index is 554. The first-order valence-corrected chi connectivity index (χ1v) is 5.81. The zero-order valence-corrected chi connectivity index (χ0v) is 10.1. The second-order valence-electron chi connectivity index (χ2n) is 3.35. The number of anilines is 1. The van der Waals surface area contributed by atoms with Gasteiger partial charge in [0.2, 0.25) is 5.95 Å². The summed E-state index contributed by atoms with van der Waals surface area (Å²) in [7, 11) is 1.68. The molecular weight excluding hydrogens is 240 g/mol. The fourth-order valence-corrected chi connectivity index (χ4v) is 2.14. The summed E-state index contributed by atoms with van der Waals surface area (Å²) in [5, 5.41) is 17.5. The molecule has 0 saturated carbocycles. The van der Waals surface area contributed by atoms with Crippen molar-refractivity contribution in [1.82, 2.24) is 9.97 Å². The molecule has 0 saturated heterocycles. The zero-order valence-electron chi connectivity index (χ0n) is 9.30. The van der Waals surface area contributed by atoms with E-state index in [1.165, 1.54) is 11.3 Å². The van der Waals surface area contributed by atoms with Crippen molar-refractivity contribution in [3.63, 3.8) is 0 Å². The highest BCUT2D eigenvalue weighted by Crippen LogP contribution is 2.32. The van der Waals surface area contributed by atoms with Crippen LogP contribution >= 0.6 is 11.3 Å². The lowest BCUT2D eigenvalue weighted by Crippen LogP contribution is -2.04. The highest BCUT2D eigenvalue weighted by Gasteiger charge is 2.23. The topological polar surface area (TPSA) is 81.0 Å².